The second kappa shape index (κ2) is 8.49. The molecule has 1 fully saturated rings. The molecule has 172 valence electrons. The van der Waals surface area contributed by atoms with Crippen molar-refractivity contribution in [3.8, 4) is 0 Å². The lowest BCUT2D eigenvalue weighted by molar-refractivity contribution is -0.124. The van der Waals surface area contributed by atoms with Crippen molar-refractivity contribution in [2.75, 3.05) is 27.4 Å². The summed E-state index contributed by atoms with van der Waals surface area (Å²) in [7, 11) is 0. The summed E-state index contributed by atoms with van der Waals surface area (Å²) in [5.41, 5.74) is 4.71. The molecular formula is C26H22ClN3O3S. The van der Waals surface area contributed by atoms with E-state index in [0.717, 1.165) is 11.1 Å². The molecule has 3 aromatic carbocycles. The van der Waals surface area contributed by atoms with E-state index in [0.29, 0.717) is 27.6 Å². The number of para-hydroxylation sites is 1. The molecule has 0 bridgehead atoms. The van der Waals surface area contributed by atoms with Gasteiger partial charge in [0.05, 0.1) is 11.4 Å². The highest BCUT2D eigenvalue weighted by atomic mass is 35.5. The monoisotopic (exact) mass is 491 g/mol. The summed E-state index contributed by atoms with van der Waals surface area (Å²) < 4.78 is 0. The molecule has 3 aromatic rings. The number of halogens is 1. The number of carbonyl (C=O) groups is 3. The lowest BCUT2D eigenvalue weighted by Gasteiger charge is -2.33. The van der Waals surface area contributed by atoms with E-state index in [1.54, 1.807) is 29.2 Å². The predicted octanol–water partition coefficient (Wildman–Crippen LogP) is 4.87. The zero-order valence-electron chi connectivity index (χ0n) is 18.7. The molecule has 2 aliphatic heterocycles. The number of hydrogen-bond donors (Lipinski definition) is 1. The number of fused-ring (bicyclic) bond motifs is 2. The Bertz CT molecular complexity index is 1340. The van der Waals surface area contributed by atoms with Crippen molar-refractivity contribution in [1.29, 1.82) is 0 Å². The summed E-state index contributed by atoms with van der Waals surface area (Å²) in [6.07, 6.45) is 0. The van der Waals surface area contributed by atoms with Crippen LogP contribution in [-0.4, -0.2) is 30.0 Å². The van der Waals surface area contributed by atoms with E-state index in [-0.39, 0.29) is 30.0 Å². The molecule has 6 nitrogen and oxygen atoms in total. The van der Waals surface area contributed by atoms with Crippen molar-refractivity contribution in [2.45, 2.75) is 18.7 Å². The number of rotatable bonds is 4. The highest BCUT2D eigenvalue weighted by molar-refractivity contribution is 8.02. The quantitative estimate of drug-likeness (QED) is 0.565. The Morgan fingerprint density at radius 1 is 1.03 bits per heavy atom. The molecule has 0 aromatic heterocycles. The average molecular weight is 492 g/mol. The molecule has 1 spiro atoms. The van der Waals surface area contributed by atoms with Gasteiger partial charge in [0.1, 0.15) is 6.54 Å². The minimum atomic E-state index is -1.24. The first-order chi connectivity index (χ1) is 16.3. The number of carbonyl (C=O) groups excluding carboxylic acids is 3. The molecule has 8 heteroatoms. The zero-order chi connectivity index (χ0) is 24.0. The van der Waals surface area contributed by atoms with Crippen LogP contribution in [0.25, 0.3) is 0 Å². The van der Waals surface area contributed by atoms with E-state index >= 15 is 0 Å². The van der Waals surface area contributed by atoms with Gasteiger partial charge in [0, 0.05) is 22.0 Å². The minimum absolute atomic E-state index is 0.137. The van der Waals surface area contributed by atoms with Crippen LogP contribution < -0.4 is 15.1 Å². The van der Waals surface area contributed by atoms with Gasteiger partial charge < -0.3 is 5.32 Å². The number of aryl methyl sites for hydroxylation is 2. The first kappa shape index (κ1) is 22.5. The lowest BCUT2D eigenvalue weighted by atomic mass is 10.0. The third-order valence-electron chi connectivity index (χ3n) is 6.22. The van der Waals surface area contributed by atoms with Crippen LogP contribution in [0.1, 0.15) is 16.7 Å². The Morgan fingerprint density at radius 2 is 1.82 bits per heavy atom. The predicted molar refractivity (Wildman–Crippen MR) is 136 cm³/mol. The Kier molecular flexibility index (Phi) is 5.62. The number of nitrogens with one attached hydrogen (secondary N) is 1. The Morgan fingerprint density at radius 3 is 2.59 bits per heavy atom. The molecule has 34 heavy (non-hydrogen) atoms. The van der Waals surface area contributed by atoms with Crippen LogP contribution in [0.5, 0.6) is 0 Å². The molecule has 0 radical (unpaired) electrons. The van der Waals surface area contributed by atoms with Crippen molar-refractivity contribution in [2.24, 2.45) is 0 Å². The Balaban J connectivity index is 1.53. The van der Waals surface area contributed by atoms with Crippen LogP contribution in [0.4, 0.5) is 17.1 Å². The van der Waals surface area contributed by atoms with Gasteiger partial charge in [0.15, 0.2) is 0 Å². The molecule has 0 aliphatic carbocycles. The number of nitrogens with zero attached hydrogens (tertiary/aromatic N) is 2. The number of thioether (sulfide) groups is 1. The van der Waals surface area contributed by atoms with Gasteiger partial charge in [-0.1, -0.05) is 41.9 Å². The van der Waals surface area contributed by atoms with Gasteiger partial charge in [0.2, 0.25) is 16.7 Å². The van der Waals surface area contributed by atoms with Crippen LogP contribution in [0, 0.1) is 13.8 Å². The Hall–Kier alpha value is -3.29. The molecule has 1 saturated heterocycles. The number of benzene rings is 3. The maximum Gasteiger partial charge on any atom is 0.269 e. The molecular weight excluding hydrogens is 470 g/mol. The van der Waals surface area contributed by atoms with Crippen LogP contribution in [0.15, 0.2) is 66.7 Å². The number of hydrogen-bond acceptors (Lipinski definition) is 4. The third kappa shape index (κ3) is 3.56. The van der Waals surface area contributed by atoms with Crippen molar-refractivity contribution < 1.29 is 14.4 Å². The van der Waals surface area contributed by atoms with Gasteiger partial charge >= 0.3 is 0 Å². The summed E-state index contributed by atoms with van der Waals surface area (Å²) in [6.45, 7) is 3.81. The van der Waals surface area contributed by atoms with Gasteiger partial charge in [-0.25, -0.2) is 0 Å². The van der Waals surface area contributed by atoms with Crippen LogP contribution in [0.3, 0.4) is 0 Å². The zero-order valence-corrected chi connectivity index (χ0v) is 20.2. The Labute approximate surface area is 206 Å². The molecule has 0 saturated carbocycles. The standard InChI is InChI=1S/C26H22ClN3O3S/c1-16-10-11-20(12-17(16)2)30-24(32)15-34-26(30)21-8-3-4-9-22(21)29(25(26)33)14-23(31)28-19-7-5-6-18(27)13-19/h3-13H,14-15H2,1-2H3,(H,28,31)/t26-/m0/s1. The van der Waals surface area contributed by atoms with Gasteiger partial charge in [-0.15, -0.1) is 11.8 Å². The highest BCUT2D eigenvalue weighted by Gasteiger charge is 2.61. The maximum absolute atomic E-state index is 14.0. The van der Waals surface area contributed by atoms with Gasteiger partial charge in [-0.05, 0) is 61.4 Å². The minimum Gasteiger partial charge on any atom is -0.324 e. The third-order valence-corrected chi connectivity index (χ3v) is 7.84. The first-order valence-electron chi connectivity index (χ1n) is 10.8. The summed E-state index contributed by atoms with van der Waals surface area (Å²) in [6, 6.07) is 20.0. The van der Waals surface area contributed by atoms with Crippen LogP contribution in [-0.2, 0) is 19.3 Å². The van der Waals surface area contributed by atoms with E-state index in [1.807, 2.05) is 56.3 Å². The van der Waals surface area contributed by atoms with Crippen LogP contribution in [0.2, 0.25) is 5.02 Å². The summed E-state index contributed by atoms with van der Waals surface area (Å²) in [5, 5.41) is 3.30. The fourth-order valence-corrected chi connectivity index (χ4v) is 6.04. The maximum atomic E-state index is 14.0. The van der Waals surface area contributed by atoms with Crippen molar-refractivity contribution >= 4 is 58.1 Å². The van der Waals surface area contributed by atoms with Gasteiger partial charge in [-0.2, -0.15) is 0 Å². The normalized spacial score (nSPS) is 19.1. The van der Waals surface area contributed by atoms with E-state index in [4.69, 9.17) is 11.6 Å². The van der Waals surface area contributed by atoms with Crippen LogP contribution >= 0.6 is 23.4 Å². The van der Waals surface area contributed by atoms with Gasteiger partial charge in [0.25, 0.3) is 5.91 Å². The summed E-state index contributed by atoms with van der Waals surface area (Å²) in [4.78, 5) is 41.9. The summed E-state index contributed by atoms with van der Waals surface area (Å²) in [5.74, 6) is -0.615. The first-order valence-corrected chi connectivity index (χ1v) is 12.2. The summed E-state index contributed by atoms with van der Waals surface area (Å²) >= 11 is 7.32. The van der Waals surface area contributed by atoms with E-state index < -0.39 is 4.87 Å². The highest BCUT2D eigenvalue weighted by Crippen LogP contribution is 2.55. The van der Waals surface area contributed by atoms with Gasteiger partial charge in [-0.3, -0.25) is 24.2 Å². The fraction of sp³-hybridized carbons (Fsp3) is 0.192. The van der Waals surface area contributed by atoms with E-state index in [2.05, 4.69) is 5.32 Å². The second-order valence-electron chi connectivity index (χ2n) is 8.40. The lowest BCUT2D eigenvalue weighted by Crippen LogP contribution is -2.50. The van der Waals surface area contributed by atoms with Crippen molar-refractivity contribution in [3.63, 3.8) is 0 Å². The molecule has 1 atom stereocenters. The fourth-order valence-electron chi connectivity index (χ4n) is 4.49. The molecule has 5 rings (SSSR count). The van der Waals surface area contributed by atoms with Crippen molar-refractivity contribution in [3.05, 3.63) is 88.4 Å². The number of anilines is 3. The van der Waals surface area contributed by atoms with Crippen molar-refractivity contribution in [1.82, 2.24) is 0 Å². The molecule has 0 unspecified atom stereocenters. The average Bonchev–Trinajstić information content (AvgIpc) is 3.27. The molecule has 2 aliphatic rings. The van der Waals surface area contributed by atoms with E-state index in [1.165, 1.54) is 16.7 Å². The molecule has 3 amide bonds. The second-order valence-corrected chi connectivity index (χ2v) is 10.0. The molecule has 2 heterocycles. The largest absolute Gasteiger partial charge is 0.324 e. The topological polar surface area (TPSA) is 69.7 Å². The SMILES string of the molecule is Cc1ccc(N2C(=O)CS[C@@]23C(=O)N(CC(=O)Nc2cccc(Cl)c2)c2ccccc23)cc1C. The smallest absolute Gasteiger partial charge is 0.269 e. The molecule has 1 N–H and O–H groups in total. The van der Waals surface area contributed by atoms with E-state index in [9.17, 15) is 14.4 Å². The number of amides is 3.